The fourth-order valence-electron chi connectivity index (χ4n) is 3.98. The van der Waals surface area contributed by atoms with Crippen LogP contribution in [0.5, 0.6) is 0 Å². The van der Waals surface area contributed by atoms with Gasteiger partial charge < -0.3 is 10.2 Å². The zero-order valence-corrected chi connectivity index (χ0v) is 15.3. The first kappa shape index (κ1) is 18.2. The van der Waals surface area contributed by atoms with E-state index in [4.69, 9.17) is 0 Å². The normalized spacial score (nSPS) is 13.8. The molecule has 2 nitrogen and oxygen atoms in total. The summed E-state index contributed by atoms with van der Waals surface area (Å²) in [5, 5.41) is 3.60. The first-order chi connectivity index (χ1) is 9.82. The second kappa shape index (κ2) is 7.42. The van der Waals surface area contributed by atoms with E-state index in [1.54, 1.807) is 0 Å². The summed E-state index contributed by atoms with van der Waals surface area (Å²) in [6, 6.07) is 5.08. The van der Waals surface area contributed by atoms with Gasteiger partial charge >= 0.3 is 0 Å². The third-order valence-electron chi connectivity index (χ3n) is 5.36. The van der Waals surface area contributed by atoms with Crippen LogP contribution in [0.15, 0.2) is 12.1 Å². The molecule has 2 heteroatoms. The van der Waals surface area contributed by atoms with Crippen LogP contribution in [-0.4, -0.2) is 37.6 Å². The van der Waals surface area contributed by atoms with Crippen LogP contribution in [0.4, 0.5) is 0 Å². The van der Waals surface area contributed by atoms with Crippen LogP contribution < -0.4 is 5.32 Å². The second-order valence-corrected chi connectivity index (χ2v) is 6.63. The monoisotopic (exact) mass is 290 g/mol. The van der Waals surface area contributed by atoms with E-state index in [9.17, 15) is 0 Å². The highest BCUT2D eigenvalue weighted by atomic mass is 15.2. The van der Waals surface area contributed by atoms with Crippen molar-refractivity contribution in [2.24, 2.45) is 0 Å². The first-order valence-electron chi connectivity index (χ1n) is 8.23. The molecule has 0 aliphatic rings. The Kier molecular flexibility index (Phi) is 6.42. The number of nitrogens with one attached hydrogen (secondary N) is 1. The Morgan fingerprint density at radius 3 is 1.86 bits per heavy atom. The van der Waals surface area contributed by atoms with Crippen molar-refractivity contribution in [1.29, 1.82) is 0 Å². The van der Waals surface area contributed by atoms with Crippen molar-refractivity contribution in [3.63, 3.8) is 0 Å². The van der Waals surface area contributed by atoms with E-state index in [2.05, 4.69) is 78.1 Å². The Bertz CT molecular complexity index is 436. The number of hydrogen-bond donors (Lipinski definition) is 1. The maximum absolute atomic E-state index is 3.60. The summed E-state index contributed by atoms with van der Waals surface area (Å²) in [5.74, 6) is 0. The topological polar surface area (TPSA) is 15.3 Å². The lowest BCUT2D eigenvalue weighted by molar-refractivity contribution is 0.0916. The number of rotatable bonds is 7. The van der Waals surface area contributed by atoms with Crippen molar-refractivity contribution < 1.29 is 0 Å². The third kappa shape index (κ3) is 3.67. The molecule has 1 rings (SSSR count). The standard InChI is InChI=1S/C19H34N2/c1-9-19(10-2,21(7)8)18(20-6)13-17-15(4)11-14(3)12-16(17)5/h11-12,18,20H,9-10,13H2,1-8H3. The molecule has 0 radical (unpaired) electrons. The number of aryl methyl sites for hydroxylation is 3. The van der Waals surface area contributed by atoms with E-state index in [0.29, 0.717) is 6.04 Å². The van der Waals surface area contributed by atoms with Gasteiger partial charge in [-0.15, -0.1) is 0 Å². The van der Waals surface area contributed by atoms with Crippen molar-refractivity contribution in [2.75, 3.05) is 21.1 Å². The average Bonchev–Trinajstić information content (AvgIpc) is 2.41. The van der Waals surface area contributed by atoms with Crippen molar-refractivity contribution >= 4 is 0 Å². The molecule has 0 heterocycles. The molecular weight excluding hydrogens is 256 g/mol. The fourth-order valence-corrected chi connectivity index (χ4v) is 3.98. The van der Waals surface area contributed by atoms with Gasteiger partial charge in [-0.25, -0.2) is 0 Å². The lowest BCUT2D eigenvalue weighted by atomic mass is 9.79. The summed E-state index contributed by atoms with van der Waals surface area (Å²) in [5.41, 5.74) is 5.92. The Morgan fingerprint density at radius 1 is 1.05 bits per heavy atom. The van der Waals surface area contributed by atoms with Gasteiger partial charge in [-0.05, 0) is 77.9 Å². The molecule has 1 aromatic rings. The van der Waals surface area contributed by atoms with E-state index in [0.717, 1.165) is 19.3 Å². The van der Waals surface area contributed by atoms with Gasteiger partial charge in [-0.3, -0.25) is 0 Å². The maximum atomic E-state index is 3.60. The maximum Gasteiger partial charge on any atom is 0.0354 e. The van der Waals surface area contributed by atoms with E-state index in [1.165, 1.54) is 22.3 Å². The van der Waals surface area contributed by atoms with Gasteiger partial charge in [0.2, 0.25) is 0 Å². The Morgan fingerprint density at radius 2 is 1.52 bits per heavy atom. The zero-order chi connectivity index (χ0) is 16.2. The van der Waals surface area contributed by atoms with Crippen molar-refractivity contribution in [3.05, 3.63) is 34.4 Å². The van der Waals surface area contributed by atoms with Crippen LogP contribution in [0, 0.1) is 20.8 Å². The molecule has 1 N–H and O–H groups in total. The number of likely N-dealkylation sites (N-methyl/N-ethyl adjacent to an activating group) is 2. The molecule has 1 unspecified atom stereocenters. The third-order valence-corrected chi connectivity index (χ3v) is 5.36. The Labute approximate surface area is 131 Å². The van der Waals surface area contributed by atoms with Crippen LogP contribution in [0.1, 0.15) is 48.9 Å². The Hall–Kier alpha value is -0.860. The largest absolute Gasteiger partial charge is 0.315 e. The molecule has 0 spiro atoms. The predicted octanol–water partition coefficient (Wildman–Crippen LogP) is 3.86. The molecule has 0 saturated carbocycles. The SMILES string of the molecule is CCC(CC)(C(Cc1c(C)cc(C)cc1C)NC)N(C)C. The van der Waals surface area contributed by atoms with E-state index < -0.39 is 0 Å². The van der Waals surface area contributed by atoms with Crippen LogP contribution in [-0.2, 0) is 6.42 Å². The van der Waals surface area contributed by atoms with Gasteiger partial charge in [0.1, 0.15) is 0 Å². The molecule has 0 bridgehead atoms. The molecule has 0 aromatic heterocycles. The van der Waals surface area contributed by atoms with Gasteiger partial charge in [0.15, 0.2) is 0 Å². The highest BCUT2D eigenvalue weighted by molar-refractivity contribution is 5.38. The van der Waals surface area contributed by atoms with Gasteiger partial charge in [-0.2, -0.15) is 0 Å². The molecule has 120 valence electrons. The van der Waals surface area contributed by atoms with Gasteiger partial charge in [-0.1, -0.05) is 31.5 Å². The summed E-state index contributed by atoms with van der Waals surface area (Å²) in [7, 11) is 6.53. The van der Waals surface area contributed by atoms with Gasteiger partial charge in [0.25, 0.3) is 0 Å². The first-order valence-corrected chi connectivity index (χ1v) is 8.23. The lowest BCUT2D eigenvalue weighted by Gasteiger charge is -2.45. The van der Waals surface area contributed by atoms with Gasteiger partial charge in [0.05, 0.1) is 0 Å². The summed E-state index contributed by atoms with van der Waals surface area (Å²) >= 11 is 0. The number of hydrogen-bond acceptors (Lipinski definition) is 2. The van der Waals surface area contributed by atoms with Crippen LogP contribution in [0.2, 0.25) is 0 Å². The molecule has 1 aromatic carbocycles. The molecule has 0 aliphatic heterocycles. The molecule has 0 amide bonds. The van der Waals surface area contributed by atoms with E-state index in [-0.39, 0.29) is 5.54 Å². The quantitative estimate of drug-likeness (QED) is 0.820. The van der Waals surface area contributed by atoms with Gasteiger partial charge in [0, 0.05) is 11.6 Å². The van der Waals surface area contributed by atoms with Crippen molar-refractivity contribution in [2.45, 2.75) is 65.5 Å². The smallest absolute Gasteiger partial charge is 0.0354 e. The van der Waals surface area contributed by atoms with E-state index in [1.807, 2.05) is 0 Å². The fraction of sp³-hybridized carbons (Fsp3) is 0.684. The molecular formula is C19H34N2. The predicted molar refractivity (Wildman–Crippen MR) is 94.2 cm³/mol. The molecule has 0 saturated heterocycles. The average molecular weight is 290 g/mol. The summed E-state index contributed by atoms with van der Waals surface area (Å²) in [6.45, 7) is 11.3. The van der Waals surface area contributed by atoms with Crippen molar-refractivity contribution in [1.82, 2.24) is 10.2 Å². The highest BCUT2D eigenvalue weighted by Gasteiger charge is 2.37. The molecule has 0 fully saturated rings. The van der Waals surface area contributed by atoms with Crippen LogP contribution in [0.3, 0.4) is 0 Å². The summed E-state index contributed by atoms with van der Waals surface area (Å²) in [4.78, 5) is 2.41. The number of nitrogens with zero attached hydrogens (tertiary/aromatic N) is 1. The second-order valence-electron chi connectivity index (χ2n) is 6.63. The minimum absolute atomic E-state index is 0.207. The lowest BCUT2D eigenvalue weighted by Crippen LogP contribution is -2.58. The minimum Gasteiger partial charge on any atom is -0.315 e. The Balaban J connectivity index is 3.18. The summed E-state index contributed by atoms with van der Waals surface area (Å²) in [6.07, 6.45) is 3.41. The van der Waals surface area contributed by atoms with Crippen molar-refractivity contribution in [3.8, 4) is 0 Å². The zero-order valence-electron chi connectivity index (χ0n) is 15.3. The van der Waals surface area contributed by atoms with E-state index >= 15 is 0 Å². The highest BCUT2D eigenvalue weighted by Crippen LogP contribution is 2.29. The minimum atomic E-state index is 0.207. The number of benzene rings is 1. The van der Waals surface area contributed by atoms with Crippen LogP contribution >= 0.6 is 0 Å². The van der Waals surface area contributed by atoms with Crippen LogP contribution in [0.25, 0.3) is 0 Å². The molecule has 21 heavy (non-hydrogen) atoms. The molecule has 0 aliphatic carbocycles. The molecule has 1 atom stereocenters. The summed E-state index contributed by atoms with van der Waals surface area (Å²) < 4.78 is 0.